The first kappa shape index (κ1) is 44.0. The maximum absolute atomic E-state index is 9.29. The van der Waals surface area contributed by atoms with Crippen LogP contribution in [0.25, 0.3) is 17.0 Å². The Morgan fingerprint density at radius 1 is 0.696 bits per heavy atom. The van der Waals surface area contributed by atoms with Crippen LogP contribution in [0.1, 0.15) is 12.5 Å². The number of hydrogen-bond donors (Lipinski definition) is 7. The third kappa shape index (κ3) is 13.8. The number of aliphatic hydroxyl groups is 4. The molecular weight excluding hydrogens is 745 g/mol. The molecule has 0 saturated carbocycles. The van der Waals surface area contributed by atoms with Crippen LogP contribution in [0.4, 0.5) is 39.8 Å². The second kappa shape index (κ2) is 24.8. The minimum Gasteiger partial charge on any atom is -0.399 e. The second-order valence-corrected chi connectivity index (χ2v) is 15.3. The van der Waals surface area contributed by atoms with Gasteiger partial charge in [-0.15, -0.1) is 5.11 Å². The van der Waals surface area contributed by atoms with Gasteiger partial charge in [0.1, 0.15) is 5.69 Å². The molecule has 5 aromatic rings. The van der Waals surface area contributed by atoms with Gasteiger partial charge in [-0.3, -0.25) is 0 Å². The number of rotatable bonds is 21. The van der Waals surface area contributed by atoms with E-state index in [-0.39, 0.29) is 26.4 Å². The number of fused-ring (bicyclic) bond motifs is 1. The van der Waals surface area contributed by atoms with Gasteiger partial charge in [0.2, 0.25) is 5.52 Å². The van der Waals surface area contributed by atoms with Gasteiger partial charge >= 0.3 is 0 Å². The van der Waals surface area contributed by atoms with Crippen LogP contribution in [-0.2, 0) is 6.54 Å². The van der Waals surface area contributed by atoms with Gasteiger partial charge in [-0.1, -0.05) is 45.9 Å². The Morgan fingerprint density at radius 2 is 1.30 bits per heavy atom. The summed E-state index contributed by atoms with van der Waals surface area (Å²) in [5.41, 5.74) is 20.1. The Hall–Kier alpha value is -4.67. The van der Waals surface area contributed by atoms with Gasteiger partial charge in [0.25, 0.3) is 0 Å². The molecule has 10 N–H and O–H groups in total. The highest BCUT2D eigenvalue weighted by molar-refractivity contribution is 8.76. The molecule has 0 saturated heterocycles. The van der Waals surface area contributed by atoms with E-state index in [2.05, 4.69) is 56.7 Å². The van der Waals surface area contributed by atoms with E-state index in [1.807, 2.05) is 105 Å². The minimum atomic E-state index is 0.0291. The number of aryl methyl sites for hydroxylation is 1. The molecule has 0 unspecified atom stereocenters. The zero-order chi connectivity index (χ0) is 40.0. The molecule has 0 aliphatic carbocycles. The number of aliphatic hydroxyl groups excluding tert-OH is 4. The van der Waals surface area contributed by atoms with Gasteiger partial charge < -0.3 is 47.0 Å². The molecule has 0 aliphatic heterocycles. The maximum atomic E-state index is 9.29. The summed E-state index contributed by atoms with van der Waals surface area (Å²) in [5.74, 6) is 2.04. The molecule has 12 nitrogen and oxygen atoms in total. The number of quaternary nitrogens is 1. The van der Waals surface area contributed by atoms with Crippen molar-refractivity contribution in [3.8, 4) is 0 Å². The summed E-state index contributed by atoms with van der Waals surface area (Å²) >= 11 is 0. The van der Waals surface area contributed by atoms with E-state index < -0.39 is 0 Å². The van der Waals surface area contributed by atoms with Crippen LogP contribution < -0.4 is 31.2 Å². The number of pyridine rings is 1. The highest BCUT2D eigenvalue weighted by Gasteiger charge is 2.12. The maximum Gasteiger partial charge on any atom is 0.214 e. The molecule has 4 aromatic carbocycles. The highest BCUT2D eigenvalue weighted by Crippen LogP contribution is 2.29. The molecule has 5 rings (SSSR count). The average Bonchev–Trinajstić information content (AvgIpc) is 3.21. The first-order valence-corrected chi connectivity index (χ1v) is 21.2. The van der Waals surface area contributed by atoms with E-state index >= 15 is 0 Å². The Bertz CT molecular complexity index is 1940. The van der Waals surface area contributed by atoms with Crippen LogP contribution in [0.15, 0.2) is 120 Å². The van der Waals surface area contributed by atoms with Gasteiger partial charge in [0, 0.05) is 61.1 Å². The first-order chi connectivity index (χ1) is 27.4. The van der Waals surface area contributed by atoms with Crippen LogP contribution in [-0.4, -0.2) is 91.1 Å². The van der Waals surface area contributed by atoms with Crippen LogP contribution in [0.5, 0.6) is 0 Å². The number of nitrogens with zero attached hydrogens (tertiary/aromatic N) is 5. The van der Waals surface area contributed by atoms with Crippen molar-refractivity contribution >= 4 is 78.4 Å². The van der Waals surface area contributed by atoms with Gasteiger partial charge in [-0.25, -0.2) is 0 Å². The lowest BCUT2D eigenvalue weighted by Crippen LogP contribution is -2.79. The summed E-state index contributed by atoms with van der Waals surface area (Å²) in [7, 11) is 3.79. The number of anilines is 4. The fourth-order valence-corrected chi connectivity index (χ4v) is 7.91. The van der Waals surface area contributed by atoms with E-state index in [4.69, 9.17) is 21.7 Å². The summed E-state index contributed by atoms with van der Waals surface area (Å²) in [6.45, 7) is 6.08. The minimum absolute atomic E-state index is 0.0291. The van der Waals surface area contributed by atoms with Gasteiger partial charge in [0.15, 0.2) is 12.7 Å². The molecule has 0 spiro atoms. The van der Waals surface area contributed by atoms with Crippen molar-refractivity contribution in [2.45, 2.75) is 13.5 Å². The molecule has 0 aliphatic rings. The molecule has 0 radical (unpaired) electrons. The zero-order valence-corrected chi connectivity index (χ0v) is 33.7. The van der Waals surface area contributed by atoms with Crippen LogP contribution in [0, 0.1) is 0 Å². The van der Waals surface area contributed by atoms with Gasteiger partial charge in [-0.05, 0) is 79.7 Å². The summed E-state index contributed by atoms with van der Waals surface area (Å²) < 4.78 is 2.27. The van der Waals surface area contributed by atoms with E-state index in [9.17, 15) is 10.2 Å². The summed E-state index contributed by atoms with van der Waals surface area (Å²) in [5, 5.41) is 48.7. The smallest absolute Gasteiger partial charge is 0.214 e. The number of benzene rings is 4. The lowest BCUT2D eigenvalue weighted by molar-refractivity contribution is -0.666. The predicted molar refractivity (Wildman–Crippen MR) is 235 cm³/mol. The largest absolute Gasteiger partial charge is 0.399 e. The lowest BCUT2D eigenvalue weighted by atomic mass is 10.1. The zero-order valence-electron chi connectivity index (χ0n) is 32.0. The SMILES string of the molecule is C/C=C\c1c(N=Nc2ccc(N(CCO)CCO)cc2)cccc1[NH2+]CCSSCC[n+]1cccc2c(N)cccc21.Nc1ccc(N(CCO)CCO)cc1. The molecule has 1 heterocycles. The topological polar surface area (TPSA) is 185 Å². The Labute approximate surface area is 338 Å². The standard InChI is InChI=1S/C32H38N6O2S2.C10H16N2O2/c1-2-6-28-30(34-16-23-41-42-24-20-38-17-5-7-27-29(33)8-3-11-32(27)38)9-4-10-31(28)36-35-25-12-14-26(15-13-25)37(18-21-39)19-22-40;11-9-1-3-10(4-2-9)12(5-7-13)6-8-14/h2-15,17,33-34,39-40H,16,18-24H2,1H3;1-4,13-14H,5-8,11H2/p+2/b6-2-,36-35?;. The summed E-state index contributed by atoms with van der Waals surface area (Å²) in [4.78, 5) is 3.83. The van der Waals surface area contributed by atoms with E-state index in [0.29, 0.717) is 31.9 Å². The molecule has 0 bridgehead atoms. The molecule has 14 heteroatoms. The summed E-state index contributed by atoms with van der Waals surface area (Å²) in [6.07, 6.45) is 6.23. The molecule has 1 aromatic heterocycles. The quantitative estimate of drug-likeness (QED) is 0.0169. The van der Waals surface area contributed by atoms with Crippen molar-refractivity contribution < 1.29 is 30.3 Å². The van der Waals surface area contributed by atoms with Crippen molar-refractivity contribution in [1.29, 1.82) is 0 Å². The average molecular weight is 801 g/mol. The van der Waals surface area contributed by atoms with Crippen molar-refractivity contribution in [3.05, 3.63) is 115 Å². The van der Waals surface area contributed by atoms with Crippen molar-refractivity contribution in [3.63, 3.8) is 0 Å². The number of azo groups is 1. The molecule has 0 amide bonds. The van der Waals surface area contributed by atoms with Crippen molar-refractivity contribution in [1.82, 2.24) is 0 Å². The lowest BCUT2D eigenvalue weighted by Gasteiger charge is -2.22. The van der Waals surface area contributed by atoms with E-state index in [1.54, 1.807) is 12.1 Å². The molecule has 0 fully saturated rings. The number of allylic oxidation sites excluding steroid dienone is 1. The first-order valence-electron chi connectivity index (χ1n) is 18.7. The van der Waals surface area contributed by atoms with E-state index in [0.717, 1.165) is 69.7 Å². The Kier molecular flexibility index (Phi) is 19.5. The van der Waals surface area contributed by atoms with Crippen LogP contribution in [0.2, 0.25) is 0 Å². The van der Waals surface area contributed by atoms with Crippen molar-refractivity contribution in [2.24, 2.45) is 10.2 Å². The number of nitrogen functional groups attached to an aromatic ring is 2. The monoisotopic (exact) mass is 800 g/mol. The van der Waals surface area contributed by atoms with Crippen molar-refractivity contribution in [2.75, 3.05) is 91.9 Å². The third-order valence-corrected chi connectivity index (χ3v) is 11.1. The molecule has 56 heavy (non-hydrogen) atoms. The highest BCUT2D eigenvalue weighted by atomic mass is 33.1. The normalized spacial score (nSPS) is 11.3. The number of aromatic nitrogens is 1. The predicted octanol–water partition coefficient (Wildman–Crippen LogP) is 5.29. The summed E-state index contributed by atoms with van der Waals surface area (Å²) in [6, 6.07) is 31.4. The number of hydrogen-bond acceptors (Lipinski definition) is 12. The molecular formula is C42H56N8O4S2+2. The van der Waals surface area contributed by atoms with Crippen LogP contribution >= 0.6 is 21.6 Å². The second-order valence-electron chi connectivity index (χ2n) is 12.6. The molecule has 298 valence electrons. The Morgan fingerprint density at radius 3 is 1.93 bits per heavy atom. The van der Waals surface area contributed by atoms with Crippen LogP contribution in [0.3, 0.4) is 0 Å². The van der Waals surface area contributed by atoms with E-state index in [1.165, 1.54) is 5.52 Å². The Balaban J connectivity index is 0.000000419. The van der Waals surface area contributed by atoms with Gasteiger partial charge in [0.05, 0.1) is 66.8 Å². The fourth-order valence-electron chi connectivity index (χ4n) is 5.97. The third-order valence-electron chi connectivity index (χ3n) is 8.70. The molecule has 0 atom stereocenters. The van der Waals surface area contributed by atoms with Gasteiger partial charge in [-0.2, -0.15) is 9.68 Å². The fraction of sp³-hybridized carbons (Fsp3) is 0.310. The number of nitrogens with two attached hydrogens (primary N) is 3.